The third-order valence-electron chi connectivity index (χ3n) is 3.22. The summed E-state index contributed by atoms with van der Waals surface area (Å²) in [6, 6.07) is 0.622. The third-order valence-corrected chi connectivity index (χ3v) is 3.22. The van der Waals surface area contributed by atoms with Crippen LogP contribution in [0.1, 0.15) is 38.4 Å². The van der Waals surface area contributed by atoms with Crippen LogP contribution in [0.4, 0.5) is 0 Å². The fourth-order valence-corrected chi connectivity index (χ4v) is 2.16. The molecule has 3 nitrogen and oxygen atoms in total. The molecule has 0 saturated heterocycles. The molecule has 1 aliphatic rings. The van der Waals surface area contributed by atoms with E-state index in [1.54, 1.807) is 0 Å². The van der Waals surface area contributed by atoms with Gasteiger partial charge >= 0.3 is 0 Å². The lowest BCUT2D eigenvalue weighted by atomic mass is 10.1. The van der Waals surface area contributed by atoms with E-state index in [-0.39, 0.29) is 0 Å². The predicted octanol–water partition coefficient (Wildman–Crippen LogP) is 2.00. The molecule has 15 heavy (non-hydrogen) atoms. The molecule has 84 valence electrons. The summed E-state index contributed by atoms with van der Waals surface area (Å²) in [5, 5.41) is 3.42. The number of rotatable bonds is 5. The fraction of sp³-hybridized carbons (Fsp3) is 0.750. The van der Waals surface area contributed by atoms with Crippen molar-refractivity contribution in [3.63, 3.8) is 0 Å². The minimum Gasteiger partial charge on any atom is -0.333 e. The van der Waals surface area contributed by atoms with Crippen molar-refractivity contribution < 1.29 is 0 Å². The minimum absolute atomic E-state index is 0.511. The number of aromatic nitrogens is 2. The number of nitrogens with one attached hydrogen (secondary N) is 1. The van der Waals surface area contributed by atoms with E-state index in [0.717, 1.165) is 12.5 Å². The number of hydrogen-bond donors (Lipinski definition) is 1. The van der Waals surface area contributed by atoms with Crippen molar-refractivity contribution in [3.8, 4) is 0 Å². The van der Waals surface area contributed by atoms with E-state index in [1.807, 2.05) is 6.20 Å². The van der Waals surface area contributed by atoms with Crippen LogP contribution in [-0.4, -0.2) is 22.6 Å². The summed E-state index contributed by atoms with van der Waals surface area (Å²) in [5.41, 5.74) is 0. The Bertz CT molecular complexity index is 312. The molecule has 0 aromatic carbocycles. The molecule has 1 fully saturated rings. The molecule has 0 aliphatic heterocycles. The average Bonchev–Trinajstić information content (AvgIpc) is 2.93. The molecular formula is C12H21N3. The lowest BCUT2D eigenvalue weighted by Crippen LogP contribution is -2.32. The summed E-state index contributed by atoms with van der Waals surface area (Å²) in [6.07, 6.45) is 6.78. The van der Waals surface area contributed by atoms with Crippen molar-refractivity contribution in [1.29, 1.82) is 0 Å². The Morgan fingerprint density at radius 2 is 2.27 bits per heavy atom. The second kappa shape index (κ2) is 4.35. The quantitative estimate of drug-likeness (QED) is 0.800. The van der Waals surface area contributed by atoms with Crippen LogP contribution >= 0.6 is 0 Å². The van der Waals surface area contributed by atoms with E-state index in [1.165, 1.54) is 18.7 Å². The zero-order valence-corrected chi connectivity index (χ0v) is 9.90. The van der Waals surface area contributed by atoms with Crippen molar-refractivity contribution in [1.82, 2.24) is 14.9 Å². The van der Waals surface area contributed by atoms with Gasteiger partial charge in [-0.05, 0) is 25.8 Å². The fourth-order valence-electron chi connectivity index (χ4n) is 2.16. The van der Waals surface area contributed by atoms with Crippen molar-refractivity contribution in [2.75, 3.05) is 7.05 Å². The van der Waals surface area contributed by atoms with Gasteiger partial charge in [0, 0.05) is 30.9 Å². The van der Waals surface area contributed by atoms with E-state index >= 15 is 0 Å². The maximum Gasteiger partial charge on any atom is 0.111 e. The molecule has 1 unspecified atom stereocenters. The van der Waals surface area contributed by atoms with Crippen LogP contribution in [0.3, 0.4) is 0 Å². The van der Waals surface area contributed by atoms with Gasteiger partial charge < -0.3 is 9.88 Å². The number of likely N-dealkylation sites (N-methyl/N-ethyl adjacent to an activating group) is 1. The molecule has 3 heteroatoms. The molecular weight excluding hydrogens is 186 g/mol. The molecule has 0 radical (unpaired) electrons. The Morgan fingerprint density at radius 3 is 2.80 bits per heavy atom. The Hall–Kier alpha value is -0.830. The van der Waals surface area contributed by atoms with Gasteiger partial charge in [-0.2, -0.15) is 0 Å². The van der Waals surface area contributed by atoms with E-state index in [2.05, 4.69) is 42.0 Å². The molecule has 1 aromatic rings. The summed E-state index contributed by atoms with van der Waals surface area (Å²) >= 11 is 0. The van der Waals surface area contributed by atoms with Crippen LogP contribution in [-0.2, 0) is 6.54 Å². The first kappa shape index (κ1) is 10.7. The lowest BCUT2D eigenvalue weighted by molar-refractivity contribution is 0.424. The van der Waals surface area contributed by atoms with Gasteiger partial charge in [0.1, 0.15) is 5.82 Å². The predicted molar refractivity (Wildman–Crippen MR) is 61.9 cm³/mol. The Balaban J connectivity index is 2.05. The lowest BCUT2D eigenvalue weighted by Gasteiger charge is -2.18. The van der Waals surface area contributed by atoms with Crippen LogP contribution in [0.2, 0.25) is 0 Å². The maximum atomic E-state index is 4.42. The standard InChI is InChI=1S/C12H21N3/c1-9(2)12-14-6-7-15(12)8-11(13-3)10-4-5-10/h6-7,9-11,13H,4-5,8H2,1-3H3. The summed E-state index contributed by atoms with van der Waals surface area (Å²) in [4.78, 5) is 4.42. The summed E-state index contributed by atoms with van der Waals surface area (Å²) in [6.45, 7) is 5.46. The van der Waals surface area contributed by atoms with Crippen molar-refractivity contribution >= 4 is 0 Å². The van der Waals surface area contributed by atoms with E-state index in [9.17, 15) is 0 Å². The smallest absolute Gasteiger partial charge is 0.111 e. The van der Waals surface area contributed by atoms with Crippen LogP contribution in [0.25, 0.3) is 0 Å². The van der Waals surface area contributed by atoms with Gasteiger partial charge in [-0.25, -0.2) is 4.98 Å². The Morgan fingerprint density at radius 1 is 1.53 bits per heavy atom. The molecule has 1 N–H and O–H groups in total. The average molecular weight is 207 g/mol. The molecule has 0 spiro atoms. The summed E-state index contributed by atoms with van der Waals surface area (Å²) in [7, 11) is 2.06. The SMILES string of the molecule is CNC(Cn1ccnc1C(C)C)C1CC1. The monoisotopic (exact) mass is 207 g/mol. The molecule has 1 saturated carbocycles. The number of nitrogens with zero attached hydrogens (tertiary/aromatic N) is 2. The first-order valence-corrected chi connectivity index (χ1v) is 5.90. The molecule has 1 aromatic heterocycles. The van der Waals surface area contributed by atoms with Crippen LogP contribution in [0, 0.1) is 5.92 Å². The highest BCUT2D eigenvalue weighted by Gasteiger charge is 2.30. The number of imidazole rings is 1. The van der Waals surface area contributed by atoms with Gasteiger partial charge in [0.2, 0.25) is 0 Å². The Kier molecular flexibility index (Phi) is 3.10. The molecule has 1 atom stereocenters. The van der Waals surface area contributed by atoms with Crippen molar-refractivity contribution in [3.05, 3.63) is 18.2 Å². The van der Waals surface area contributed by atoms with Gasteiger partial charge in [0.05, 0.1) is 0 Å². The molecule has 2 rings (SSSR count). The maximum absolute atomic E-state index is 4.42. The third kappa shape index (κ3) is 2.40. The highest BCUT2D eigenvalue weighted by molar-refractivity contribution is 4.99. The molecule has 0 bridgehead atoms. The van der Waals surface area contributed by atoms with Gasteiger partial charge in [-0.3, -0.25) is 0 Å². The van der Waals surface area contributed by atoms with Crippen molar-refractivity contribution in [2.45, 2.75) is 45.2 Å². The largest absolute Gasteiger partial charge is 0.333 e. The second-order valence-corrected chi connectivity index (χ2v) is 4.83. The van der Waals surface area contributed by atoms with Gasteiger partial charge in [0.25, 0.3) is 0 Å². The summed E-state index contributed by atoms with van der Waals surface area (Å²) < 4.78 is 2.30. The van der Waals surface area contributed by atoms with E-state index in [0.29, 0.717) is 12.0 Å². The molecule has 1 aliphatic carbocycles. The number of hydrogen-bond acceptors (Lipinski definition) is 2. The minimum atomic E-state index is 0.511. The van der Waals surface area contributed by atoms with E-state index < -0.39 is 0 Å². The van der Waals surface area contributed by atoms with Gasteiger partial charge in [-0.15, -0.1) is 0 Å². The second-order valence-electron chi connectivity index (χ2n) is 4.83. The molecule has 0 amide bonds. The van der Waals surface area contributed by atoms with Crippen molar-refractivity contribution in [2.24, 2.45) is 5.92 Å². The Labute approximate surface area is 91.9 Å². The molecule has 1 heterocycles. The first-order valence-electron chi connectivity index (χ1n) is 5.90. The normalized spacial score (nSPS) is 18.4. The highest BCUT2D eigenvalue weighted by Crippen LogP contribution is 2.33. The first-order chi connectivity index (χ1) is 7.22. The topological polar surface area (TPSA) is 29.9 Å². The van der Waals surface area contributed by atoms with Crippen LogP contribution in [0.15, 0.2) is 12.4 Å². The van der Waals surface area contributed by atoms with Gasteiger partial charge in [0.15, 0.2) is 0 Å². The van der Waals surface area contributed by atoms with Crippen LogP contribution in [0.5, 0.6) is 0 Å². The summed E-state index contributed by atoms with van der Waals surface area (Å²) in [5.74, 6) is 2.60. The zero-order chi connectivity index (χ0) is 10.8. The highest BCUT2D eigenvalue weighted by atomic mass is 15.1. The van der Waals surface area contributed by atoms with E-state index in [4.69, 9.17) is 0 Å². The zero-order valence-electron chi connectivity index (χ0n) is 9.90. The van der Waals surface area contributed by atoms with Gasteiger partial charge in [-0.1, -0.05) is 13.8 Å². The van der Waals surface area contributed by atoms with Crippen LogP contribution < -0.4 is 5.32 Å².